The fourth-order valence-electron chi connectivity index (χ4n) is 3.99. The van der Waals surface area contributed by atoms with Crippen LogP contribution in [0.25, 0.3) is 0 Å². The lowest BCUT2D eigenvalue weighted by molar-refractivity contribution is -0.215. The van der Waals surface area contributed by atoms with Crippen molar-refractivity contribution in [3.8, 4) is 0 Å². The van der Waals surface area contributed by atoms with Crippen molar-refractivity contribution in [2.45, 2.75) is 43.9 Å². The van der Waals surface area contributed by atoms with Crippen LogP contribution in [0.4, 0.5) is 8.78 Å². The fourth-order valence-corrected chi connectivity index (χ4v) is 8.59. The Balaban J connectivity index is 1.85. The van der Waals surface area contributed by atoms with E-state index < -0.39 is 33.0 Å². The topological polar surface area (TPSA) is 53.7 Å². The zero-order valence-electron chi connectivity index (χ0n) is 17.8. The van der Waals surface area contributed by atoms with Gasteiger partial charge in [0.2, 0.25) is 0 Å². The van der Waals surface area contributed by atoms with E-state index in [0.717, 1.165) is 10.4 Å². The summed E-state index contributed by atoms with van der Waals surface area (Å²) in [6.07, 6.45) is -1.72. The molecule has 0 spiro atoms. The van der Waals surface area contributed by atoms with E-state index in [9.17, 15) is 8.78 Å². The first-order chi connectivity index (χ1) is 14.2. The third kappa shape index (κ3) is 4.65. The first-order valence-corrected chi connectivity index (χ1v) is 12.2. The summed E-state index contributed by atoms with van der Waals surface area (Å²) in [5.74, 6) is -3.09. The lowest BCUT2D eigenvalue weighted by Gasteiger charge is -2.44. The van der Waals surface area contributed by atoms with Gasteiger partial charge < -0.3 is 19.6 Å². The highest BCUT2D eigenvalue weighted by atomic mass is 28.4. The van der Waals surface area contributed by atoms with Crippen LogP contribution in [0.2, 0.25) is 5.04 Å². The van der Waals surface area contributed by atoms with Gasteiger partial charge in [-0.2, -0.15) is 0 Å². The van der Waals surface area contributed by atoms with Crippen molar-refractivity contribution >= 4 is 18.7 Å². The van der Waals surface area contributed by atoms with Gasteiger partial charge >= 0.3 is 0 Å². The normalized spacial score (nSPS) is 20.9. The zero-order chi connectivity index (χ0) is 21.8. The summed E-state index contributed by atoms with van der Waals surface area (Å²) in [6, 6.07) is 20.5. The van der Waals surface area contributed by atoms with Gasteiger partial charge in [0.05, 0.1) is 26.4 Å². The molecule has 1 aliphatic heterocycles. The molecule has 1 heterocycles. The Morgan fingerprint density at radius 1 is 0.933 bits per heavy atom. The second-order valence-corrected chi connectivity index (χ2v) is 13.0. The van der Waals surface area contributed by atoms with Gasteiger partial charge in [0.15, 0.2) is 0 Å². The molecule has 164 valence electrons. The number of benzene rings is 2. The maximum absolute atomic E-state index is 13.8. The lowest BCUT2D eigenvalue weighted by atomic mass is 10.2. The summed E-state index contributed by atoms with van der Waals surface area (Å²) in [6.45, 7) is 5.94. The maximum atomic E-state index is 13.8. The average Bonchev–Trinajstić information content (AvgIpc) is 2.75. The second kappa shape index (κ2) is 9.24. The van der Waals surface area contributed by atoms with Gasteiger partial charge in [0.25, 0.3) is 14.2 Å². The van der Waals surface area contributed by atoms with E-state index in [4.69, 9.17) is 19.6 Å². The molecule has 7 heteroatoms. The molecule has 0 saturated carbocycles. The number of rotatable bonds is 7. The van der Waals surface area contributed by atoms with E-state index in [-0.39, 0.29) is 24.9 Å². The van der Waals surface area contributed by atoms with Gasteiger partial charge in [-0.15, -0.1) is 0 Å². The fraction of sp³-hybridized carbons (Fsp3) is 0.478. The van der Waals surface area contributed by atoms with Crippen LogP contribution < -0.4 is 16.1 Å². The molecule has 1 aliphatic rings. The van der Waals surface area contributed by atoms with E-state index in [1.165, 1.54) is 0 Å². The Labute approximate surface area is 178 Å². The molecule has 2 atom stereocenters. The molecule has 0 aliphatic carbocycles. The van der Waals surface area contributed by atoms with E-state index in [1.807, 2.05) is 36.4 Å². The van der Waals surface area contributed by atoms with Crippen molar-refractivity contribution in [3.05, 3.63) is 60.7 Å². The molecule has 4 nitrogen and oxygen atoms in total. The standard InChI is InChI=1S/C23H31F2NO3Si/c1-22(2,3)30(19-10-6-4-7-11-19,20-12-8-5-9-13-20)29-15-18-14-28-21(16-27-18)23(24,25)17-26/h4-13,18,21H,14-17,26H2,1-3H3. The Kier molecular flexibility index (Phi) is 7.09. The highest BCUT2D eigenvalue weighted by Gasteiger charge is 2.51. The van der Waals surface area contributed by atoms with Crippen molar-refractivity contribution in [1.29, 1.82) is 0 Å². The number of ether oxygens (including phenoxy) is 2. The summed E-state index contributed by atoms with van der Waals surface area (Å²) in [7, 11) is -2.70. The number of hydrogen-bond acceptors (Lipinski definition) is 4. The Morgan fingerprint density at radius 2 is 1.47 bits per heavy atom. The van der Waals surface area contributed by atoms with Gasteiger partial charge in [0.1, 0.15) is 12.2 Å². The smallest absolute Gasteiger partial charge is 0.287 e. The molecule has 1 saturated heterocycles. The van der Waals surface area contributed by atoms with Crippen LogP contribution in [0, 0.1) is 0 Å². The van der Waals surface area contributed by atoms with Crippen LogP contribution >= 0.6 is 0 Å². The molecular weight excluding hydrogens is 404 g/mol. The SMILES string of the molecule is CC(C)(C)[Si](OCC1COC(C(F)(F)CN)CO1)(c1ccccc1)c1ccccc1. The van der Waals surface area contributed by atoms with E-state index in [2.05, 4.69) is 45.0 Å². The van der Waals surface area contributed by atoms with Crippen molar-refractivity contribution < 1.29 is 22.7 Å². The minimum Gasteiger partial charge on any atom is -0.405 e. The minimum atomic E-state index is -3.09. The molecule has 0 aromatic heterocycles. The van der Waals surface area contributed by atoms with Crippen LogP contribution in [-0.4, -0.2) is 52.8 Å². The van der Waals surface area contributed by atoms with Gasteiger partial charge in [-0.05, 0) is 15.4 Å². The highest BCUT2D eigenvalue weighted by molar-refractivity contribution is 6.99. The molecule has 2 N–H and O–H groups in total. The Bertz CT molecular complexity index is 752. The first kappa shape index (κ1) is 23.0. The van der Waals surface area contributed by atoms with Gasteiger partial charge in [0, 0.05) is 0 Å². The number of alkyl halides is 2. The van der Waals surface area contributed by atoms with Crippen molar-refractivity contribution in [2.75, 3.05) is 26.4 Å². The van der Waals surface area contributed by atoms with Crippen LogP contribution in [0.3, 0.4) is 0 Å². The average molecular weight is 436 g/mol. The molecule has 0 amide bonds. The minimum absolute atomic E-state index is 0.0540. The summed E-state index contributed by atoms with van der Waals surface area (Å²) in [5, 5.41) is 2.15. The summed E-state index contributed by atoms with van der Waals surface area (Å²) >= 11 is 0. The van der Waals surface area contributed by atoms with Gasteiger partial charge in [-0.3, -0.25) is 0 Å². The molecule has 0 radical (unpaired) electrons. The largest absolute Gasteiger partial charge is 0.405 e. The Morgan fingerprint density at radius 3 is 1.87 bits per heavy atom. The van der Waals surface area contributed by atoms with Crippen LogP contribution in [-0.2, 0) is 13.9 Å². The second-order valence-electron chi connectivity index (χ2n) is 8.72. The number of hydrogen-bond donors (Lipinski definition) is 1. The van der Waals surface area contributed by atoms with E-state index in [1.54, 1.807) is 0 Å². The van der Waals surface area contributed by atoms with Crippen LogP contribution in [0.5, 0.6) is 0 Å². The molecule has 30 heavy (non-hydrogen) atoms. The highest BCUT2D eigenvalue weighted by Crippen LogP contribution is 2.37. The maximum Gasteiger partial charge on any atom is 0.287 e. The van der Waals surface area contributed by atoms with E-state index >= 15 is 0 Å². The predicted octanol–water partition coefficient (Wildman–Crippen LogP) is 2.94. The predicted molar refractivity (Wildman–Crippen MR) is 117 cm³/mol. The monoisotopic (exact) mass is 435 g/mol. The first-order valence-electron chi connectivity index (χ1n) is 10.3. The molecule has 2 unspecified atom stereocenters. The molecule has 1 fully saturated rings. The number of nitrogens with two attached hydrogens (primary N) is 1. The van der Waals surface area contributed by atoms with Gasteiger partial charge in [-0.1, -0.05) is 81.4 Å². The lowest BCUT2D eigenvalue weighted by Crippen LogP contribution is -2.67. The summed E-state index contributed by atoms with van der Waals surface area (Å²) in [4.78, 5) is 0. The molecule has 0 bridgehead atoms. The van der Waals surface area contributed by atoms with E-state index in [0.29, 0.717) is 0 Å². The summed E-state index contributed by atoms with van der Waals surface area (Å²) in [5.41, 5.74) is 5.16. The van der Waals surface area contributed by atoms with Crippen LogP contribution in [0.15, 0.2) is 60.7 Å². The molecule has 3 rings (SSSR count). The number of halogens is 2. The summed E-state index contributed by atoms with van der Waals surface area (Å²) < 4.78 is 45.4. The van der Waals surface area contributed by atoms with Gasteiger partial charge in [-0.25, -0.2) is 8.78 Å². The molecular formula is C23H31F2NO3Si. The molecule has 2 aromatic carbocycles. The zero-order valence-corrected chi connectivity index (χ0v) is 18.8. The van der Waals surface area contributed by atoms with Crippen molar-refractivity contribution in [3.63, 3.8) is 0 Å². The van der Waals surface area contributed by atoms with Crippen molar-refractivity contribution in [1.82, 2.24) is 0 Å². The van der Waals surface area contributed by atoms with Crippen molar-refractivity contribution in [2.24, 2.45) is 5.73 Å². The quantitative estimate of drug-likeness (QED) is 0.680. The molecule has 2 aromatic rings. The third-order valence-electron chi connectivity index (χ3n) is 5.61. The Hall–Kier alpha value is -1.64. The van der Waals surface area contributed by atoms with Crippen LogP contribution in [0.1, 0.15) is 20.8 Å². The third-order valence-corrected chi connectivity index (χ3v) is 10.6.